The molecule has 0 saturated heterocycles. The molecule has 4 rings (SSSR count). The van der Waals surface area contributed by atoms with Crippen LogP contribution in [0.1, 0.15) is 86.0 Å². The highest BCUT2D eigenvalue weighted by Gasteiger charge is 2.39. The van der Waals surface area contributed by atoms with Crippen LogP contribution in [0.2, 0.25) is 0 Å². The number of nitriles is 1. The first-order chi connectivity index (χ1) is 23.7. The predicted octanol–water partition coefficient (Wildman–Crippen LogP) is 8.00. The van der Waals surface area contributed by atoms with Crippen LogP contribution in [0, 0.1) is 11.3 Å². The molecule has 1 aliphatic rings. The predicted molar refractivity (Wildman–Crippen MR) is 168 cm³/mol. The van der Waals surface area contributed by atoms with Crippen molar-refractivity contribution in [1.29, 1.82) is 5.26 Å². The fraction of sp³-hybridized carbons (Fsp3) is 0.441. The number of esters is 1. The van der Waals surface area contributed by atoms with Crippen molar-refractivity contribution in [2.75, 3.05) is 30.0 Å². The number of aromatic nitrogens is 2. The van der Waals surface area contributed by atoms with Crippen molar-refractivity contribution in [1.82, 2.24) is 9.97 Å². The Bertz CT molecular complexity index is 1730. The van der Waals surface area contributed by atoms with Crippen molar-refractivity contribution >= 4 is 23.7 Å². The second-order valence-electron chi connectivity index (χ2n) is 11.3. The summed E-state index contributed by atoms with van der Waals surface area (Å²) < 4.78 is 98.3. The van der Waals surface area contributed by atoms with E-state index in [1.54, 1.807) is 19.9 Å². The van der Waals surface area contributed by atoms with Gasteiger partial charge in [-0.05, 0) is 80.6 Å². The lowest BCUT2D eigenvalue weighted by atomic mass is 9.89. The first kappa shape index (κ1) is 37.7. The Morgan fingerprint density at radius 2 is 1.72 bits per heavy atom. The SMILES string of the molecule is CCOC(=O)CCCOc1cnc(N[C@H]2C[C@@H](CC)N(C(=O)OCC)c3ccc(C(F)(F)F)cc32)nc1Cc1cc(C#N)cc(C(F)(F)F)c1. The van der Waals surface area contributed by atoms with Crippen molar-refractivity contribution < 1.29 is 50.1 Å². The van der Waals surface area contributed by atoms with Crippen LogP contribution in [0.25, 0.3) is 0 Å². The van der Waals surface area contributed by atoms with E-state index in [4.69, 9.17) is 14.2 Å². The van der Waals surface area contributed by atoms with Gasteiger partial charge in [-0.1, -0.05) is 6.92 Å². The number of hydrogen-bond acceptors (Lipinski definition) is 9. The molecule has 1 aliphatic heterocycles. The van der Waals surface area contributed by atoms with Gasteiger partial charge in [0.15, 0.2) is 5.75 Å². The zero-order valence-corrected chi connectivity index (χ0v) is 27.5. The number of carbonyl (C=O) groups excluding carboxylic acids is 2. The molecule has 0 aliphatic carbocycles. The van der Waals surface area contributed by atoms with E-state index in [-0.39, 0.29) is 85.3 Å². The van der Waals surface area contributed by atoms with E-state index >= 15 is 0 Å². The minimum absolute atomic E-state index is 0.00603. The molecule has 0 bridgehead atoms. The molecule has 50 heavy (non-hydrogen) atoms. The second kappa shape index (κ2) is 16.1. The molecule has 0 radical (unpaired) electrons. The number of nitrogens with one attached hydrogen (secondary N) is 1. The van der Waals surface area contributed by atoms with Gasteiger partial charge in [-0.25, -0.2) is 14.8 Å². The number of nitrogens with zero attached hydrogens (tertiary/aromatic N) is 4. The Kier molecular flexibility index (Phi) is 12.1. The van der Waals surface area contributed by atoms with Crippen LogP contribution in [0.15, 0.2) is 42.6 Å². The molecule has 0 spiro atoms. The maximum absolute atomic E-state index is 13.8. The van der Waals surface area contributed by atoms with Gasteiger partial charge in [-0.2, -0.15) is 31.6 Å². The van der Waals surface area contributed by atoms with Gasteiger partial charge in [0.1, 0.15) is 0 Å². The largest absolute Gasteiger partial charge is 0.490 e. The second-order valence-corrected chi connectivity index (χ2v) is 11.3. The lowest BCUT2D eigenvalue weighted by molar-refractivity contribution is -0.143. The zero-order chi connectivity index (χ0) is 36.6. The lowest BCUT2D eigenvalue weighted by Crippen LogP contribution is -2.46. The molecular weight excluding hydrogens is 672 g/mol. The summed E-state index contributed by atoms with van der Waals surface area (Å²) in [6.07, 6.45) is -8.22. The Morgan fingerprint density at radius 3 is 2.36 bits per heavy atom. The smallest absolute Gasteiger partial charge is 0.416 e. The van der Waals surface area contributed by atoms with Crippen LogP contribution in [0.5, 0.6) is 5.75 Å². The number of benzene rings is 2. The number of rotatable bonds is 12. The number of anilines is 2. The van der Waals surface area contributed by atoms with Gasteiger partial charge >= 0.3 is 24.4 Å². The van der Waals surface area contributed by atoms with Crippen molar-refractivity contribution in [2.45, 2.75) is 77.3 Å². The van der Waals surface area contributed by atoms with Crippen molar-refractivity contribution in [3.8, 4) is 11.8 Å². The molecule has 268 valence electrons. The van der Waals surface area contributed by atoms with E-state index in [0.29, 0.717) is 6.42 Å². The van der Waals surface area contributed by atoms with Gasteiger partial charge in [0.2, 0.25) is 5.95 Å². The number of fused-ring (bicyclic) bond motifs is 1. The van der Waals surface area contributed by atoms with Gasteiger partial charge in [-0.15, -0.1) is 0 Å². The molecule has 1 amide bonds. The third-order valence-electron chi connectivity index (χ3n) is 7.84. The van der Waals surface area contributed by atoms with Crippen LogP contribution >= 0.6 is 0 Å². The number of halogens is 6. The van der Waals surface area contributed by atoms with E-state index in [9.17, 15) is 41.2 Å². The highest BCUT2D eigenvalue weighted by atomic mass is 19.4. The summed E-state index contributed by atoms with van der Waals surface area (Å²) in [4.78, 5) is 34.8. The molecule has 0 unspecified atom stereocenters. The van der Waals surface area contributed by atoms with E-state index in [1.165, 1.54) is 23.2 Å². The summed E-state index contributed by atoms with van der Waals surface area (Å²) in [6, 6.07) is 6.34. The van der Waals surface area contributed by atoms with E-state index in [0.717, 1.165) is 24.3 Å². The van der Waals surface area contributed by atoms with Crippen LogP contribution in [0.4, 0.5) is 42.8 Å². The molecule has 2 aromatic carbocycles. The third-order valence-corrected chi connectivity index (χ3v) is 7.84. The van der Waals surface area contributed by atoms with Gasteiger partial charge < -0.3 is 19.5 Å². The molecule has 2 heterocycles. The molecular formula is C34H35F6N5O5. The number of amides is 1. The van der Waals surface area contributed by atoms with Gasteiger partial charge in [0, 0.05) is 18.9 Å². The average molecular weight is 708 g/mol. The molecule has 16 heteroatoms. The summed E-state index contributed by atoms with van der Waals surface area (Å²) in [7, 11) is 0. The fourth-order valence-electron chi connectivity index (χ4n) is 5.58. The third kappa shape index (κ3) is 9.33. The Hall–Kier alpha value is -5.07. The molecule has 0 fully saturated rings. The quantitative estimate of drug-likeness (QED) is 0.113. The molecule has 3 aromatic rings. The highest BCUT2D eigenvalue weighted by Crippen LogP contribution is 2.43. The van der Waals surface area contributed by atoms with Crippen LogP contribution in [-0.4, -0.2) is 47.9 Å². The topological polar surface area (TPSA) is 127 Å². The Labute approximate surface area is 284 Å². The van der Waals surface area contributed by atoms with Gasteiger partial charge in [0.25, 0.3) is 0 Å². The summed E-state index contributed by atoms with van der Waals surface area (Å²) in [5, 5.41) is 12.4. The summed E-state index contributed by atoms with van der Waals surface area (Å²) in [5.74, 6) is -0.425. The van der Waals surface area contributed by atoms with Crippen molar-refractivity contribution in [3.05, 3.63) is 76.1 Å². The van der Waals surface area contributed by atoms with Crippen LogP contribution in [0.3, 0.4) is 0 Å². The normalized spacial score (nSPS) is 15.9. The van der Waals surface area contributed by atoms with Gasteiger partial charge in [0.05, 0.1) is 66.2 Å². The molecule has 1 N–H and O–H groups in total. The van der Waals surface area contributed by atoms with Crippen molar-refractivity contribution in [3.63, 3.8) is 0 Å². The number of alkyl halides is 6. The summed E-state index contributed by atoms with van der Waals surface area (Å²) in [5.41, 5.74) is -1.65. The minimum Gasteiger partial charge on any atom is -0.490 e. The monoisotopic (exact) mass is 707 g/mol. The Morgan fingerprint density at radius 1 is 1.00 bits per heavy atom. The van der Waals surface area contributed by atoms with E-state index < -0.39 is 47.6 Å². The van der Waals surface area contributed by atoms with Crippen molar-refractivity contribution in [2.24, 2.45) is 0 Å². The highest BCUT2D eigenvalue weighted by molar-refractivity contribution is 5.90. The fourth-order valence-corrected chi connectivity index (χ4v) is 5.58. The van der Waals surface area contributed by atoms with Crippen LogP contribution < -0.4 is 15.0 Å². The molecule has 10 nitrogen and oxygen atoms in total. The number of ether oxygens (including phenoxy) is 3. The summed E-state index contributed by atoms with van der Waals surface area (Å²) >= 11 is 0. The maximum atomic E-state index is 13.8. The molecule has 0 saturated carbocycles. The van der Waals surface area contributed by atoms with E-state index in [2.05, 4.69) is 15.3 Å². The standard InChI is InChI=1S/C34H35F6N5O5/c1-4-24-17-26(25-16-22(33(35,36)37)9-10-28(25)45(24)32(47)49-6-3)43-31-42-19-29(50-11-7-8-30(46)48-5-2)27(44-31)15-20-12-21(18-41)14-23(13-20)34(38,39)40/h9-10,12-14,16,19,24,26H,4-8,11,15,17H2,1-3H3,(H,42,43,44)/t24-,26+/m1/s1. The number of carbonyl (C=O) groups is 2. The summed E-state index contributed by atoms with van der Waals surface area (Å²) in [6.45, 7) is 5.36. The molecule has 1 aromatic heterocycles. The lowest BCUT2D eigenvalue weighted by Gasteiger charge is -2.40. The zero-order valence-electron chi connectivity index (χ0n) is 27.5. The maximum Gasteiger partial charge on any atom is 0.416 e. The number of hydrogen-bond donors (Lipinski definition) is 1. The van der Waals surface area contributed by atoms with Crippen LogP contribution in [-0.2, 0) is 33.0 Å². The first-order valence-electron chi connectivity index (χ1n) is 15.9. The Balaban J connectivity index is 1.73. The average Bonchev–Trinajstić information content (AvgIpc) is 3.06. The first-order valence-corrected chi connectivity index (χ1v) is 15.9. The van der Waals surface area contributed by atoms with E-state index in [1.807, 2.05) is 6.92 Å². The molecule has 2 atom stereocenters. The van der Waals surface area contributed by atoms with Gasteiger partial charge in [-0.3, -0.25) is 9.69 Å². The minimum atomic E-state index is -4.73.